The van der Waals surface area contributed by atoms with E-state index >= 15 is 0 Å². The predicted octanol–water partition coefficient (Wildman–Crippen LogP) is 7.15. The summed E-state index contributed by atoms with van der Waals surface area (Å²) in [7, 11) is 0. The maximum Gasteiger partial charge on any atom is 0.344 e. The number of amides is 1. The van der Waals surface area contributed by atoms with Gasteiger partial charge in [0.25, 0.3) is 5.91 Å². The van der Waals surface area contributed by atoms with Gasteiger partial charge in [0.15, 0.2) is 10.9 Å². The summed E-state index contributed by atoms with van der Waals surface area (Å²) in [5.74, 6) is 0.0740. The lowest BCUT2D eigenvalue weighted by molar-refractivity contribution is 0.0951. The van der Waals surface area contributed by atoms with E-state index in [0.717, 1.165) is 10.9 Å². The Morgan fingerprint density at radius 1 is 0.833 bits per heavy atom. The second-order valence-electron chi connectivity index (χ2n) is 7.76. The van der Waals surface area contributed by atoms with Crippen LogP contribution in [0.15, 0.2) is 98.6 Å². The van der Waals surface area contributed by atoms with Gasteiger partial charge in [0, 0.05) is 27.2 Å². The van der Waals surface area contributed by atoms with Crippen LogP contribution in [0.4, 0.5) is 5.69 Å². The Kier molecular flexibility index (Phi) is 6.61. The number of rotatable bonds is 4. The molecule has 2 aromatic heterocycles. The monoisotopic (exact) mass is 534 g/mol. The van der Waals surface area contributed by atoms with E-state index in [4.69, 9.17) is 44.3 Å². The van der Waals surface area contributed by atoms with Crippen molar-refractivity contribution in [3.8, 4) is 22.5 Å². The normalized spacial score (nSPS) is 10.8. The Morgan fingerprint density at radius 2 is 1.67 bits per heavy atom. The SMILES string of the molecule is O=C(NC(=S)Nc1ccc(-c2cc3ccccc3oc2=O)c(Cl)c1)c1ccc(-c2cccc(Cl)c2)o1. The highest BCUT2D eigenvalue weighted by atomic mass is 35.5. The van der Waals surface area contributed by atoms with E-state index in [2.05, 4.69) is 10.6 Å². The molecule has 0 aliphatic rings. The van der Waals surface area contributed by atoms with Crippen LogP contribution in [0.2, 0.25) is 10.0 Å². The summed E-state index contributed by atoms with van der Waals surface area (Å²) in [6.45, 7) is 0. The number of fused-ring (bicyclic) bond motifs is 1. The Bertz CT molecular complexity index is 1690. The minimum atomic E-state index is -0.516. The van der Waals surface area contributed by atoms with Gasteiger partial charge in [-0.05, 0) is 60.7 Å². The van der Waals surface area contributed by atoms with Crippen molar-refractivity contribution in [2.24, 2.45) is 0 Å². The molecule has 0 unspecified atom stereocenters. The van der Waals surface area contributed by atoms with Gasteiger partial charge in [-0.1, -0.05) is 59.6 Å². The molecule has 0 saturated carbocycles. The molecule has 0 atom stereocenters. The lowest BCUT2D eigenvalue weighted by Crippen LogP contribution is -2.33. The van der Waals surface area contributed by atoms with Gasteiger partial charge in [0.05, 0.1) is 10.6 Å². The van der Waals surface area contributed by atoms with Gasteiger partial charge in [-0.3, -0.25) is 10.1 Å². The summed E-state index contributed by atoms with van der Waals surface area (Å²) in [5.41, 5.74) is 2.14. The molecular weight excluding hydrogens is 519 g/mol. The highest BCUT2D eigenvalue weighted by molar-refractivity contribution is 7.80. The van der Waals surface area contributed by atoms with Gasteiger partial charge in [-0.15, -0.1) is 0 Å². The maximum atomic E-state index is 12.6. The largest absolute Gasteiger partial charge is 0.451 e. The molecule has 1 amide bonds. The van der Waals surface area contributed by atoms with Gasteiger partial charge in [-0.2, -0.15) is 0 Å². The molecule has 0 radical (unpaired) electrons. The van der Waals surface area contributed by atoms with Crippen molar-refractivity contribution in [2.45, 2.75) is 0 Å². The molecule has 0 bridgehead atoms. The molecule has 2 N–H and O–H groups in total. The predicted molar refractivity (Wildman–Crippen MR) is 146 cm³/mol. The van der Waals surface area contributed by atoms with E-state index in [0.29, 0.717) is 38.2 Å². The Balaban J connectivity index is 1.28. The molecule has 2 heterocycles. The number of benzene rings is 3. The standard InChI is InChI=1S/C27H16Cl2N2O4S/c28-17-6-3-5-15(12-17)23-10-11-24(34-23)25(32)31-27(36)30-18-8-9-19(21(29)14-18)20-13-16-4-1-2-7-22(16)35-26(20)33/h1-14H,(H2,30,31,32,36). The summed E-state index contributed by atoms with van der Waals surface area (Å²) in [6.07, 6.45) is 0. The number of halogens is 2. The first-order valence-electron chi connectivity index (χ1n) is 10.7. The van der Waals surface area contributed by atoms with Crippen LogP contribution in [-0.2, 0) is 0 Å². The summed E-state index contributed by atoms with van der Waals surface area (Å²) >= 11 is 17.8. The summed E-state index contributed by atoms with van der Waals surface area (Å²) in [4.78, 5) is 25.1. The van der Waals surface area contributed by atoms with Crippen LogP contribution < -0.4 is 16.3 Å². The zero-order chi connectivity index (χ0) is 25.2. The quantitative estimate of drug-likeness (QED) is 0.188. The lowest BCUT2D eigenvalue weighted by Gasteiger charge is -2.11. The topological polar surface area (TPSA) is 84.5 Å². The molecule has 5 aromatic rings. The number of anilines is 1. The van der Waals surface area contributed by atoms with Crippen molar-refractivity contribution in [3.63, 3.8) is 0 Å². The van der Waals surface area contributed by atoms with Gasteiger partial charge < -0.3 is 14.2 Å². The van der Waals surface area contributed by atoms with Crippen molar-refractivity contribution in [3.05, 3.63) is 111 Å². The fourth-order valence-corrected chi connectivity index (χ4v) is 4.33. The summed E-state index contributed by atoms with van der Waals surface area (Å²) in [5, 5.41) is 7.19. The van der Waals surface area contributed by atoms with Crippen LogP contribution >= 0.6 is 35.4 Å². The molecule has 0 saturated heterocycles. The average molecular weight is 535 g/mol. The first-order chi connectivity index (χ1) is 17.4. The number of furan rings is 1. The van der Waals surface area contributed by atoms with Crippen molar-refractivity contribution < 1.29 is 13.6 Å². The van der Waals surface area contributed by atoms with E-state index in [1.165, 1.54) is 0 Å². The van der Waals surface area contributed by atoms with Crippen molar-refractivity contribution in [1.29, 1.82) is 0 Å². The number of hydrogen-bond donors (Lipinski definition) is 2. The molecular formula is C27H16Cl2N2O4S. The summed E-state index contributed by atoms with van der Waals surface area (Å²) in [6, 6.07) is 24.3. The highest BCUT2D eigenvalue weighted by Crippen LogP contribution is 2.30. The van der Waals surface area contributed by atoms with Gasteiger partial charge in [0.1, 0.15) is 11.3 Å². The van der Waals surface area contributed by atoms with Gasteiger partial charge >= 0.3 is 5.63 Å². The molecule has 9 heteroatoms. The van der Waals surface area contributed by atoms with E-state index < -0.39 is 11.5 Å². The number of hydrogen-bond acceptors (Lipinski definition) is 5. The minimum Gasteiger partial charge on any atom is -0.451 e. The smallest absolute Gasteiger partial charge is 0.344 e. The Hall–Kier alpha value is -3.91. The summed E-state index contributed by atoms with van der Waals surface area (Å²) < 4.78 is 11.1. The third-order valence-corrected chi connectivity index (χ3v) is 6.08. The van der Waals surface area contributed by atoms with Crippen molar-refractivity contribution >= 4 is 63.1 Å². The van der Waals surface area contributed by atoms with E-state index in [-0.39, 0.29) is 10.9 Å². The molecule has 6 nitrogen and oxygen atoms in total. The maximum absolute atomic E-state index is 12.6. The van der Waals surface area contributed by atoms with E-state index in [1.807, 2.05) is 18.2 Å². The molecule has 3 aromatic carbocycles. The average Bonchev–Trinajstić information content (AvgIpc) is 3.35. The van der Waals surface area contributed by atoms with Crippen LogP contribution in [-0.4, -0.2) is 11.0 Å². The van der Waals surface area contributed by atoms with Crippen LogP contribution in [0.5, 0.6) is 0 Å². The second-order valence-corrected chi connectivity index (χ2v) is 9.01. The Morgan fingerprint density at radius 3 is 2.47 bits per heavy atom. The first-order valence-corrected chi connectivity index (χ1v) is 11.8. The fourth-order valence-electron chi connectivity index (χ4n) is 3.64. The number of carbonyl (C=O) groups excluding carboxylic acids is 1. The van der Waals surface area contributed by atoms with E-state index in [1.54, 1.807) is 66.7 Å². The lowest BCUT2D eigenvalue weighted by atomic mass is 10.1. The van der Waals surface area contributed by atoms with Crippen LogP contribution in [0.25, 0.3) is 33.4 Å². The number of carbonyl (C=O) groups is 1. The zero-order valence-electron chi connectivity index (χ0n) is 18.4. The number of thiocarbonyl (C=S) groups is 1. The molecule has 0 aliphatic carbocycles. The Labute approximate surface area is 220 Å². The van der Waals surface area contributed by atoms with Gasteiger partial charge in [-0.25, -0.2) is 4.79 Å². The van der Waals surface area contributed by atoms with Crippen LogP contribution in [0.1, 0.15) is 10.6 Å². The molecule has 5 rings (SSSR count). The third-order valence-electron chi connectivity index (χ3n) is 5.32. The van der Waals surface area contributed by atoms with Crippen LogP contribution in [0, 0.1) is 0 Å². The second kappa shape index (κ2) is 9.99. The van der Waals surface area contributed by atoms with Crippen molar-refractivity contribution in [2.75, 3.05) is 5.32 Å². The molecule has 36 heavy (non-hydrogen) atoms. The van der Waals surface area contributed by atoms with E-state index in [9.17, 15) is 9.59 Å². The number of para-hydroxylation sites is 1. The highest BCUT2D eigenvalue weighted by Gasteiger charge is 2.15. The molecule has 178 valence electrons. The molecule has 0 aliphatic heterocycles. The molecule has 0 fully saturated rings. The number of nitrogens with one attached hydrogen (secondary N) is 2. The van der Waals surface area contributed by atoms with Crippen molar-refractivity contribution in [1.82, 2.24) is 5.32 Å². The molecule has 0 spiro atoms. The zero-order valence-corrected chi connectivity index (χ0v) is 20.7. The first kappa shape index (κ1) is 23.8. The minimum absolute atomic E-state index is 0.0507. The van der Waals surface area contributed by atoms with Gasteiger partial charge in [0.2, 0.25) is 0 Å². The van der Waals surface area contributed by atoms with Crippen LogP contribution in [0.3, 0.4) is 0 Å². The fraction of sp³-hybridized carbons (Fsp3) is 0. The third kappa shape index (κ3) is 5.04.